The second-order valence-corrected chi connectivity index (χ2v) is 9.09. The molecule has 6 nitrogen and oxygen atoms in total. The van der Waals surface area contributed by atoms with Gasteiger partial charge in [0, 0.05) is 24.4 Å². The Morgan fingerprint density at radius 3 is 2.56 bits per heavy atom. The van der Waals surface area contributed by atoms with Gasteiger partial charge in [0.2, 0.25) is 0 Å². The molecule has 1 saturated carbocycles. The molecule has 4 rings (SSSR count). The molecule has 0 bridgehead atoms. The number of hydrogen-bond acceptors (Lipinski definition) is 4. The lowest BCUT2D eigenvalue weighted by Crippen LogP contribution is -2.47. The molecule has 2 amide bonds. The minimum atomic E-state index is -0.358. The third-order valence-corrected chi connectivity index (χ3v) is 6.54. The van der Waals surface area contributed by atoms with Gasteiger partial charge in [0.1, 0.15) is 5.75 Å². The van der Waals surface area contributed by atoms with E-state index in [1.807, 2.05) is 50.2 Å². The van der Waals surface area contributed by atoms with Crippen LogP contribution in [0.4, 0.5) is 4.79 Å². The van der Waals surface area contributed by atoms with Crippen molar-refractivity contribution in [3.63, 3.8) is 0 Å². The molecule has 6 heteroatoms. The minimum absolute atomic E-state index is 0.0829. The second kappa shape index (κ2) is 9.63. The summed E-state index contributed by atoms with van der Waals surface area (Å²) in [5.74, 6) is 0.621. The molecule has 2 N–H and O–H groups in total. The van der Waals surface area contributed by atoms with Crippen LogP contribution in [0.25, 0.3) is 0 Å². The first kappa shape index (κ1) is 22.2. The summed E-state index contributed by atoms with van der Waals surface area (Å²) in [4.78, 5) is 25.1. The highest BCUT2D eigenvalue weighted by Crippen LogP contribution is 2.39. The number of nitrogens with one attached hydrogen (secondary N) is 2. The van der Waals surface area contributed by atoms with Crippen molar-refractivity contribution in [2.45, 2.75) is 63.5 Å². The van der Waals surface area contributed by atoms with Crippen LogP contribution < -0.4 is 15.4 Å². The lowest BCUT2D eigenvalue weighted by molar-refractivity contribution is 0.0929. The van der Waals surface area contributed by atoms with Gasteiger partial charge in [-0.25, -0.2) is 4.79 Å². The Morgan fingerprint density at radius 2 is 1.84 bits per heavy atom. The first-order valence-electron chi connectivity index (χ1n) is 11.5. The maximum Gasteiger partial charge on any atom is 0.407 e. The molecule has 0 spiro atoms. The fourth-order valence-corrected chi connectivity index (χ4v) is 4.83. The van der Waals surface area contributed by atoms with E-state index in [0.717, 1.165) is 43.4 Å². The molecule has 2 aliphatic rings. The van der Waals surface area contributed by atoms with Gasteiger partial charge in [-0.3, -0.25) is 4.79 Å². The van der Waals surface area contributed by atoms with Crippen LogP contribution in [0.5, 0.6) is 5.75 Å². The maximum atomic E-state index is 13.1. The number of fused-ring (bicyclic) bond motifs is 1. The van der Waals surface area contributed by atoms with Crippen molar-refractivity contribution in [1.82, 2.24) is 10.6 Å². The normalized spacial score (nSPS) is 22.0. The third-order valence-electron chi connectivity index (χ3n) is 6.54. The van der Waals surface area contributed by atoms with Crippen LogP contribution in [0.3, 0.4) is 0 Å². The maximum absolute atomic E-state index is 13.1. The first-order valence-corrected chi connectivity index (χ1v) is 11.5. The zero-order chi connectivity index (χ0) is 22.6. The Labute approximate surface area is 189 Å². The summed E-state index contributed by atoms with van der Waals surface area (Å²) in [5, 5.41) is 6.18. The average molecular weight is 437 g/mol. The van der Waals surface area contributed by atoms with E-state index in [0.29, 0.717) is 18.7 Å². The molecular formula is C26H32N2O4. The van der Waals surface area contributed by atoms with E-state index >= 15 is 0 Å². The average Bonchev–Trinajstić information content (AvgIpc) is 3.28. The van der Waals surface area contributed by atoms with E-state index in [4.69, 9.17) is 9.47 Å². The van der Waals surface area contributed by atoms with Crippen molar-refractivity contribution >= 4 is 12.0 Å². The number of benzene rings is 2. The van der Waals surface area contributed by atoms with Gasteiger partial charge in [0.05, 0.1) is 18.3 Å². The standard InChI is InChI=1S/C26H32N2O4/c1-18(2)32-25(30)28-21-11-14-26(15-12-21,20-8-4-3-5-9-20)17-27-24(29)22-10-6-7-19-13-16-31-23(19)22/h3-10,18,21H,11-17H2,1-2H3,(H,27,29)(H,28,30)/t21-,26+. The van der Waals surface area contributed by atoms with Crippen LogP contribution in [0.2, 0.25) is 0 Å². The molecule has 2 aromatic rings. The topological polar surface area (TPSA) is 76.7 Å². The van der Waals surface area contributed by atoms with Gasteiger partial charge in [-0.1, -0.05) is 42.5 Å². The number of rotatable bonds is 6. The zero-order valence-corrected chi connectivity index (χ0v) is 18.9. The van der Waals surface area contributed by atoms with Crippen LogP contribution in [-0.2, 0) is 16.6 Å². The van der Waals surface area contributed by atoms with Crippen molar-refractivity contribution in [1.29, 1.82) is 0 Å². The van der Waals surface area contributed by atoms with Crippen LogP contribution in [-0.4, -0.2) is 37.3 Å². The number of alkyl carbamates (subject to hydrolysis) is 1. The SMILES string of the molecule is CC(C)OC(=O)N[C@H]1CC[C@@](CNC(=O)c2cccc3c2OCC3)(c2ccccc2)CC1. The van der Waals surface area contributed by atoms with E-state index in [-0.39, 0.29) is 29.6 Å². The van der Waals surface area contributed by atoms with Crippen LogP contribution in [0.1, 0.15) is 61.0 Å². The molecule has 1 aliphatic heterocycles. The van der Waals surface area contributed by atoms with Gasteiger partial charge >= 0.3 is 6.09 Å². The molecule has 1 fully saturated rings. The van der Waals surface area contributed by atoms with E-state index in [2.05, 4.69) is 22.8 Å². The molecule has 32 heavy (non-hydrogen) atoms. The molecule has 0 unspecified atom stereocenters. The fraction of sp³-hybridized carbons (Fsp3) is 0.462. The largest absolute Gasteiger partial charge is 0.492 e. The van der Waals surface area contributed by atoms with Crippen molar-refractivity contribution < 1.29 is 19.1 Å². The summed E-state index contributed by atoms with van der Waals surface area (Å²) in [5.41, 5.74) is 2.75. The molecule has 2 aromatic carbocycles. The quantitative estimate of drug-likeness (QED) is 0.705. The Morgan fingerprint density at radius 1 is 1.09 bits per heavy atom. The smallest absolute Gasteiger partial charge is 0.407 e. The number of carbonyl (C=O) groups is 2. The van der Waals surface area contributed by atoms with Crippen LogP contribution in [0.15, 0.2) is 48.5 Å². The van der Waals surface area contributed by atoms with Gasteiger partial charge in [0.15, 0.2) is 0 Å². The Balaban J connectivity index is 1.45. The van der Waals surface area contributed by atoms with Crippen molar-refractivity contribution in [3.05, 3.63) is 65.2 Å². The Kier molecular flexibility index (Phi) is 6.68. The minimum Gasteiger partial charge on any atom is -0.492 e. The van der Waals surface area contributed by atoms with Crippen LogP contribution in [0, 0.1) is 0 Å². The number of hydrogen-bond donors (Lipinski definition) is 2. The van der Waals surface area contributed by atoms with Gasteiger partial charge in [-0.15, -0.1) is 0 Å². The van der Waals surface area contributed by atoms with E-state index in [1.165, 1.54) is 5.56 Å². The molecular weight excluding hydrogens is 404 g/mol. The number of para-hydroxylation sites is 1. The predicted octanol–water partition coefficient (Wildman–Crippen LogP) is 4.37. The van der Waals surface area contributed by atoms with Crippen molar-refractivity contribution in [2.75, 3.05) is 13.2 Å². The summed E-state index contributed by atoms with van der Waals surface area (Å²) in [6.07, 6.45) is 3.76. The highest BCUT2D eigenvalue weighted by molar-refractivity contribution is 5.97. The predicted molar refractivity (Wildman–Crippen MR) is 123 cm³/mol. The molecule has 0 aromatic heterocycles. The highest BCUT2D eigenvalue weighted by atomic mass is 16.6. The summed E-state index contributed by atoms with van der Waals surface area (Å²) in [6.45, 7) is 4.86. The van der Waals surface area contributed by atoms with Crippen molar-refractivity contribution in [2.24, 2.45) is 0 Å². The molecule has 1 heterocycles. The number of ether oxygens (including phenoxy) is 2. The monoisotopic (exact) mass is 436 g/mol. The van der Waals surface area contributed by atoms with Gasteiger partial charge in [-0.2, -0.15) is 0 Å². The van der Waals surface area contributed by atoms with E-state index < -0.39 is 0 Å². The second-order valence-electron chi connectivity index (χ2n) is 9.09. The number of amides is 2. The molecule has 0 atom stereocenters. The van der Waals surface area contributed by atoms with Gasteiger partial charge in [-0.05, 0) is 56.7 Å². The lowest BCUT2D eigenvalue weighted by atomic mass is 9.68. The van der Waals surface area contributed by atoms with Crippen molar-refractivity contribution in [3.8, 4) is 5.75 Å². The summed E-state index contributed by atoms with van der Waals surface area (Å²) in [6, 6.07) is 16.2. The Bertz CT molecular complexity index is 950. The van der Waals surface area contributed by atoms with Crippen LogP contribution >= 0.6 is 0 Å². The molecule has 170 valence electrons. The van der Waals surface area contributed by atoms with Gasteiger partial charge in [0.25, 0.3) is 5.91 Å². The molecule has 0 saturated heterocycles. The van der Waals surface area contributed by atoms with E-state index in [9.17, 15) is 9.59 Å². The number of carbonyl (C=O) groups excluding carboxylic acids is 2. The Hall–Kier alpha value is -3.02. The lowest BCUT2D eigenvalue weighted by Gasteiger charge is -2.41. The third kappa shape index (κ3) is 4.90. The summed E-state index contributed by atoms with van der Waals surface area (Å²) < 4.78 is 11.0. The summed E-state index contributed by atoms with van der Waals surface area (Å²) in [7, 11) is 0. The first-order chi connectivity index (χ1) is 15.5. The van der Waals surface area contributed by atoms with E-state index in [1.54, 1.807) is 0 Å². The zero-order valence-electron chi connectivity index (χ0n) is 18.9. The van der Waals surface area contributed by atoms with Gasteiger partial charge < -0.3 is 20.1 Å². The molecule has 0 radical (unpaired) electrons. The highest BCUT2D eigenvalue weighted by Gasteiger charge is 2.38. The molecule has 1 aliphatic carbocycles. The summed E-state index contributed by atoms with van der Waals surface area (Å²) >= 11 is 0. The fourth-order valence-electron chi connectivity index (χ4n) is 4.83.